The van der Waals surface area contributed by atoms with Crippen LogP contribution in [0.5, 0.6) is 0 Å². The van der Waals surface area contributed by atoms with Gasteiger partial charge >= 0.3 is 0 Å². The lowest BCUT2D eigenvalue weighted by molar-refractivity contribution is -0.123. The fourth-order valence-electron chi connectivity index (χ4n) is 3.21. The minimum Gasteiger partial charge on any atom is -0.391 e. The van der Waals surface area contributed by atoms with Gasteiger partial charge in [0.15, 0.2) is 0 Å². The molecule has 6 nitrogen and oxygen atoms in total. The number of hydrogen-bond acceptors (Lipinski definition) is 5. The molecule has 0 radical (unpaired) electrons. The van der Waals surface area contributed by atoms with Crippen molar-refractivity contribution in [1.29, 1.82) is 0 Å². The van der Waals surface area contributed by atoms with E-state index in [0.717, 1.165) is 41.0 Å². The number of aliphatic hydroxyl groups excluding tert-OH is 1. The van der Waals surface area contributed by atoms with Crippen molar-refractivity contribution in [3.05, 3.63) is 26.6 Å². The van der Waals surface area contributed by atoms with E-state index in [1.54, 1.807) is 0 Å². The second-order valence-electron chi connectivity index (χ2n) is 6.50. The van der Waals surface area contributed by atoms with E-state index in [9.17, 15) is 14.7 Å². The molecule has 2 atom stereocenters. The fraction of sp³-hybridized carbons (Fsp3) is 0.588. The predicted molar refractivity (Wildman–Crippen MR) is 94.4 cm³/mol. The number of nitrogens with zero attached hydrogens (tertiary/aromatic N) is 1. The smallest absolute Gasteiger partial charge is 0.259 e. The second kappa shape index (κ2) is 7.03. The van der Waals surface area contributed by atoms with Crippen LogP contribution in [0.1, 0.15) is 48.4 Å². The molecule has 1 aliphatic rings. The summed E-state index contributed by atoms with van der Waals surface area (Å²) in [5.74, 6) is 0.426. The molecule has 2 heterocycles. The molecule has 2 aromatic rings. The van der Waals surface area contributed by atoms with Crippen LogP contribution in [0.2, 0.25) is 0 Å². The Balaban J connectivity index is 1.65. The van der Waals surface area contributed by atoms with Crippen LogP contribution in [0.3, 0.4) is 0 Å². The molecule has 2 aromatic heterocycles. The number of amides is 1. The van der Waals surface area contributed by atoms with Gasteiger partial charge in [-0.15, -0.1) is 11.3 Å². The Morgan fingerprint density at radius 3 is 2.88 bits per heavy atom. The molecular formula is C17H23N3O3S. The van der Waals surface area contributed by atoms with Gasteiger partial charge in [-0.3, -0.25) is 9.59 Å². The summed E-state index contributed by atoms with van der Waals surface area (Å²) in [4.78, 5) is 33.4. The van der Waals surface area contributed by atoms with E-state index in [4.69, 9.17) is 0 Å². The van der Waals surface area contributed by atoms with Gasteiger partial charge in [-0.05, 0) is 32.3 Å². The van der Waals surface area contributed by atoms with Crippen LogP contribution >= 0.6 is 11.3 Å². The van der Waals surface area contributed by atoms with Gasteiger partial charge in [0, 0.05) is 17.7 Å². The van der Waals surface area contributed by atoms with Crippen LogP contribution in [-0.4, -0.2) is 33.1 Å². The molecule has 0 bridgehead atoms. The van der Waals surface area contributed by atoms with Gasteiger partial charge in [0.1, 0.15) is 10.7 Å². The number of nitrogens with one attached hydrogen (secondary N) is 2. The van der Waals surface area contributed by atoms with Crippen molar-refractivity contribution in [3.8, 4) is 0 Å². The SMILES string of the molecule is Cc1sc2nc(CCC(=O)NC3CCCCC3O)[nH]c(=O)c2c1C. The molecule has 1 amide bonds. The number of fused-ring (bicyclic) bond motifs is 1. The number of carbonyl (C=O) groups is 1. The van der Waals surface area contributed by atoms with E-state index >= 15 is 0 Å². The lowest BCUT2D eigenvalue weighted by Gasteiger charge is -2.28. The highest BCUT2D eigenvalue weighted by molar-refractivity contribution is 7.18. The lowest BCUT2D eigenvalue weighted by atomic mass is 9.92. The Bertz CT molecular complexity index is 811. The molecule has 3 N–H and O–H groups in total. The monoisotopic (exact) mass is 349 g/mol. The Morgan fingerprint density at radius 1 is 1.38 bits per heavy atom. The van der Waals surface area contributed by atoms with Gasteiger partial charge < -0.3 is 15.4 Å². The number of hydrogen-bond donors (Lipinski definition) is 3. The van der Waals surface area contributed by atoms with E-state index in [0.29, 0.717) is 17.6 Å². The average molecular weight is 349 g/mol. The molecule has 7 heteroatoms. The van der Waals surface area contributed by atoms with Crippen molar-refractivity contribution in [1.82, 2.24) is 15.3 Å². The van der Waals surface area contributed by atoms with Crippen LogP contribution < -0.4 is 10.9 Å². The molecule has 130 valence electrons. The van der Waals surface area contributed by atoms with Gasteiger partial charge in [-0.2, -0.15) is 0 Å². The molecule has 24 heavy (non-hydrogen) atoms. The van der Waals surface area contributed by atoms with Crippen LogP contribution in [0.4, 0.5) is 0 Å². The zero-order valence-electron chi connectivity index (χ0n) is 14.0. The number of thiophene rings is 1. The summed E-state index contributed by atoms with van der Waals surface area (Å²) in [5.41, 5.74) is 0.833. The van der Waals surface area contributed by atoms with E-state index < -0.39 is 6.10 Å². The Kier molecular flexibility index (Phi) is 5.01. The van der Waals surface area contributed by atoms with Gasteiger partial charge in [-0.1, -0.05) is 12.8 Å². The third-order valence-corrected chi connectivity index (χ3v) is 5.85. The molecule has 1 aliphatic carbocycles. The fourth-order valence-corrected chi connectivity index (χ4v) is 4.26. The van der Waals surface area contributed by atoms with E-state index in [1.165, 1.54) is 11.3 Å². The van der Waals surface area contributed by atoms with Crippen molar-refractivity contribution in [2.75, 3.05) is 0 Å². The first kappa shape index (κ1) is 17.1. The zero-order chi connectivity index (χ0) is 17.3. The van der Waals surface area contributed by atoms with Crippen molar-refractivity contribution < 1.29 is 9.90 Å². The number of aryl methyl sites for hydroxylation is 3. The molecule has 0 saturated heterocycles. The third-order valence-electron chi connectivity index (χ3n) is 4.75. The van der Waals surface area contributed by atoms with Crippen molar-refractivity contribution in [3.63, 3.8) is 0 Å². The van der Waals surface area contributed by atoms with Crippen molar-refractivity contribution in [2.24, 2.45) is 0 Å². The standard InChI is InChI=1S/C17H23N3O3S/c1-9-10(2)24-17-15(9)16(23)19-13(20-17)7-8-14(22)18-11-5-3-4-6-12(11)21/h11-12,21H,3-8H2,1-2H3,(H,18,22)(H,19,20,23). The normalized spacial score (nSPS) is 21.1. The second-order valence-corrected chi connectivity index (χ2v) is 7.71. The number of aliphatic hydroxyl groups is 1. The van der Waals surface area contributed by atoms with E-state index in [-0.39, 0.29) is 23.9 Å². The molecular weight excluding hydrogens is 326 g/mol. The molecule has 1 saturated carbocycles. The number of carbonyl (C=O) groups excluding carboxylic acids is 1. The quantitative estimate of drug-likeness (QED) is 0.786. The first-order valence-electron chi connectivity index (χ1n) is 8.42. The van der Waals surface area contributed by atoms with Gasteiger partial charge in [0.05, 0.1) is 17.5 Å². The maximum Gasteiger partial charge on any atom is 0.259 e. The highest BCUT2D eigenvalue weighted by atomic mass is 32.1. The predicted octanol–water partition coefficient (Wildman–Crippen LogP) is 1.95. The minimum atomic E-state index is -0.450. The molecule has 0 aliphatic heterocycles. The van der Waals surface area contributed by atoms with Crippen LogP contribution in [0, 0.1) is 13.8 Å². The molecule has 2 unspecified atom stereocenters. The topological polar surface area (TPSA) is 95.1 Å². The van der Waals surface area contributed by atoms with Crippen molar-refractivity contribution >= 4 is 27.5 Å². The Hall–Kier alpha value is -1.73. The van der Waals surface area contributed by atoms with E-state index in [2.05, 4.69) is 15.3 Å². The highest BCUT2D eigenvalue weighted by Gasteiger charge is 2.24. The van der Waals surface area contributed by atoms with Gasteiger partial charge in [0.25, 0.3) is 5.56 Å². The van der Waals surface area contributed by atoms with Crippen LogP contribution in [0.25, 0.3) is 10.2 Å². The minimum absolute atomic E-state index is 0.109. The van der Waals surface area contributed by atoms with Crippen LogP contribution in [0.15, 0.2) is 4.79 Å². The Labute approximate surface area is 144 Å². The van der Waals surface area contributed by atoms with E-state index in [1.807, 2.05) is 13.8 Å². The van der Waals surface area contributed by atoms with Crippen molar-refractivity contribution in [2.45, 2.75) is 64.5 Å². The highest BCUT2D eigenvalue weighted by Crippen LogP contribution is 2.25. The summed E-state index contributed by atoms with van der Waals surface area (Å²) < 4.78 is 0. The average Bonchev–Trinajstić information content (AvgIpc) is 2.82. The summed E-state index contributed by atoms with van der Waals surface area (Å²) in [6.07, 6.45) is 3.80. The molecule has 1 fully saturated rings. The van der Waals surface area contributed by atoms with Gasteiger partial charge in [0.2, 0.25) is 5.91 Å². The molecule has 0 spiro atoms. The largest absolute Gasteiger partial charge is 0.391 e. The summed E-state index contributed by atoms with van der Waals surface area (Å²) in [6.45, 7) is 3.90. The number of aromatic nitrogens is 2. The summed E-state index contributed by atoms with van der Waals surface area (Å²) >= 11 is 1.51. The summed E-state index contributed by atoms with van der Waals surface area (Å²) in [7, 11) is 0. The first-order chi connectivity index (χ1) is 11.5. The van der Waals surface area contributed by atoms with Gasteiger partial charge in [-0.25, -0.2) is 4.98 Å². The number of aromatic amines is 1. The number of H-pyrrole nitrogens is 1. The summed E-state index contributed by atoms with van der Waals surface area (Å²) in [5, 5.41) is 13.5. The maximum atomic E-state index is 12.2. The Morgan fingerprint density at radius 2 is 2.12 bits per heavy atom. The number of rotatable bonds is 4. The molecule has 3 rings (SSSR count). The molecule has 0 aromatic carbocycles. The summed E-state index contributed by atoms with van der Waals surface area (Å²) in [6, 6.07) is -0.150. The third kappa shape index (κ3) is 3.52. The lowest BCUT2D eigenvalue weighted by Crippen LogP contribution is -2.45. The zero-order valence-corrected chi connectivity index (χ0v) is 14.8. The first-order valence-corrected chi connectivity index (χ1v) is 9.23. The van der Waals surface area contributed by atoms with Crippen LogP contribution in [-0.2, 0) is 11.2 Å². The maximum absolute atomic E-state index is 12.2.